The van der Waals surface area contributed by atoms with E-state index in [1.54, 1.807) is 0 Å². The molecular formula is C30H44O7. The van der Waals surface area contributed by atoms with E-state index in [4.69, 9.17) is 9.47 Å². The monoisotopic (exact) mass is 516 g/mol. The van der Waals surface area contributed by atoms with Crippen molar-refractivity contribution in [1.82, 2.24) is 0 Å². The van der Waals surface area contributed by atoms with Gasteiger partial charge in [-0.1, -0.05) is 40.2 Å². The van der Waals surface area contributed by atoms with E-state index in [-0.39, 0.29) is 53.5 Å². The average molecular weight is 517 g/mol. The van der Waals surface area contributed by atoms with Crippen LogP contribution in [0.2, 0.25) is 0 Å². The normalized spacial score (nSPS) is 40.6. The molecule has 0 amide bonds. The summed E-state index contributed by atoms with van der Waals surface area (Å²) in [4.78, 5) is 51.1. The minimum absolute atomic E-state index is 0.0132. The summed E-state index contributed by atoms with van der Waals surface area (Å²) in [7, 11) is 0. The van der Waals surface area contributed by atoms with Gasteiger partial charge in [-0.3, -0.25) is 19.2 Å². The zero-order chi connectivity index (χ0) is 27.2. The summed E-state index contributed by atoms with van der Waals surface area (Å²) in [6.07, 6.45) is 6.25. The predicted octanol–water partition coefficient (Wildman–Crippen LogP) is 4.73. The third-order valence-electron chi connectivity index (χ3n) is 10.3. The Morgan fingerprint density at radius 1 is 1.08 bits per heavy atom. The molecule has 37 heavy (non-hydrogen) atoms. The van der Waals surface area contributed by atoms with Crippen LogP contribution in [-0.4, -0.2) is 46.9 Å². The van der Waals surface area contributed by atoms with Crippen LogP contribution in [0.5, 0.6) is 0 Å². The summed E-state index contributed by atoms with van der Waals surface area (Å²) in [6.45, 7) is 9.70. The van der Waals surface area contributed by atoms with Gasteiger partial charge in [0.1, 0.15) is 0 Å². The zero-order valence-corrected chi connectivity index (χ0v) is 23.1. The molecule has 2 unspecified atom stereocenters. The Hall–Kier alpha value is -2.02. The van der Waals surface area contributed by atoms with Crippen LogP contribution in [0, 0.1) is 34.5 Å². The molecule has 4 aliphatic rings. The van der Waals surface area contributed by atoms with Gasteiger partial charge in [-0.05, 0) is 80.1 Å². The first-order valence-corrected chi connectivity index (χ1v) is 14.3. The van der Waals surface area contributed by atoms with Crippen molar-refractivity contribution in [2.45, 2.75) is 111 Å². The molecule has 8 atom stereocenters. The van der Waals surface area contributed by atoms with E-state index in [1.807, 2.05) is 26.8 Å². The molecule has 7 heteroatoms. The summed E-state index contributed by atoms with van der Waals surface area (Å²) in [5, 5.41) is 11.8. The van der Waals surface area contributed by atoms with Crippen molar-refractivity contribution in [3.05, 3.63) is 11.6 Å². The van der Waals surface area contributed by atoms with Crippen molar-refractivity contribution in [2.24, 2.45) is 34.5 Å². The Morgan fingerprint density at radius 2 is 1.76 bits per heavy atom. The van der Waals surface area contributed by atoms with Crippen LogP contribution in [0.1, 0.15) is 98.8 Å². The quantitative estimate of drug-likeness (QED) is 0.465. The van der Waals surface area contributed by atoms with Crippen molar-refractivity contribution in [3.63, 3.8) is 0 Å². The van der Waals surface area contributed by atoms with E-state index in [0.717, 1.165) is 18.4 Å². The van der Waals surface area contributed by atoms with Gasteiger partial charge in [-0.2, -0.15) is 0 Å². The van der Waals surface area contributed by atoms with Crippen LogP contribution in [0.15, 0.2) is 11.6 Å². The molecule has 0 saturated heterocycles. The second-order valence-electron chi connectivity index (χ2n) is 12.5. The van der Waals surface area contributed by atoms with Gasteiger partial charge >= 0.3 is 11.9 Å². The Bertz CT molecular complexity index is 984. The minimum Gasteiger partial charge on any atom is -0.457 e. The van der Waals surface area contributed by atoms with Gasteiger partial charge in [0.2, 0.25) is 5.78 Å². The largest absolute Gasteiger partial charge is 0.457 e. The highest BCUT2D eigenvalue weighted by Gasteiger charge is 2.71. The fraction of sp³-hybridized carbons (Fsp3) is 0.800. The van der Waals surface area contributed by atoms with Crippen molar-refractivity contribution in [2.75, 3.05) is 6.61 Å². The maximum absolute atomic E-state index is 13.9. The lowest BCUT2D eigenvalue weighted by Gasteiger charge is -2.62. The molecule has 0 spiro atoms. The van der Waals surface area contributed by atoms with Crippen molar-refractivity contribution >= 4 is 23.5 Å². The van der Waals surface area contributed by atoms with Crippen molar-refractivity contribution in [1.29, 1.82) is 0 Å². The van der Waals surface area contributed by atoms with Gasteiger partial charge in [0.05, 0.1) is 6.10 Å². The standard InChI is InChI=1S/C30H44O7/c1-6-8-25(34)36-17-24(33)30(37-26(35)9-7-2)13-11-21-20-14-18(3)22-15-19(31)10-12-28(22,4)27(20)23(32)16-29(21,30)5/h15,18,20-21,23,27,32H,6-14,16-17H2,1-5H3/t18?,20-,21-,23?,27+,28-,29-,30-/m0/s1. The Morgan fingerprint density at radius 3 is 2.43 bits per heavy atom. The topological polar surface area (TPSA) is 107 Å². The number of aliphatic hydroxyl groups excluding tert-OH is 1. The van der Waals surface area contributed by atoms with E-state index < -0.39 is 35.7 Å². The van der Waals surface area contributed by atoms with Gasteiger partial charge in [0.15, 0.2) is 18.0 Å². The Labute approximate surface area is 220 Å². The molecule has 206 valence electrons. The number of allylic oxidation sites excluding steroid dienone is 1. The Balaban J connectivity index is 1.70. The number of hydrogen-bond donors (Lipinski definition) is 1. The van der Waals surface area contributed by atoms with Gasteiger partial charge in [-0.25, -0.2) is 0 Å². The number of ether oxygens (including phenoxy) is 2. The predicted molar refractivity (Wildman–Crippen MR) is 137 cm³/mol. The summed E-state index contributed by atoms with van der Waals surface area (Å²) >= 11 is 0. The second kappa shape index (κ2) is 10.3. The molecular weight excluding hydrogens is 472 g/mol. The molecule has 4 aliphatic carbocycles. The van der Waals surface area contributed by atoms with E-state index in [0.29, 0.717) is 38.5 Å². The number of aliphatic hydroxyl groups is 1. The Kier molecular flexibility index (Phi) is 7.77. The van der Waals surface area contributed by atoms with Crippen molar-refractivity contribution in [3.8, 4) is 0 Å². The number of Topliss-reactive ketones (excluding diaryl/α,β-unsaturated/α-hetero) is 1. The molecule has 7 nitrogen and oxygen atoms in total. The first-order valence-electron chi connectivity index (χ1n) is 14.3. The molecule has 0 radical (unpaired) electrons. The van der Waals surface area contributed by atoms with Crippen LogP contribution >= 0.6 is 0 Å². The molecule has 0 heterocycles. The van der Waals surface area contributed by atoms with Gasteiger partial charge in [-0.15, -0.1) is 0 Å². The fourth-order valence-electron chi connectivity index (χ4n) is 8.78. The molecule has 0 aromatic rings. The molecule has 3 fully saturated rings. The first-order chi connectivity index (χ1) is 17.4. The number of carbonyl (C=O) groups is 4. The van der Waals surface area contributed by atoms with Crippen LogP contribution in [0.3, 0.4) is 0 Å². The highest BCUT2D eigenvalue weighted by Crippen LogP contribution is 2.69. The molecule has 1 N–H and O–H groups in total. The molecule has 0 aromatic carbocycles. The smallest absolute Gasteiger partial charge is 0.306 e. The lowest BCUT2D eigenvalue weighted by Crippen LogP contribution is -2.63. The minimum atomic E-state index is -1.43. The average Bonchev–Trinajstić information content (AvgIpc) is 3.11. The van der Waals surface area contributed by atoms with Crippen LogP contribution in [-0.2, 0) is 28.7 Å². The molecule has 3 saturated carbocycles. The van der Waals surface area contributed by atoms with E-state index >= 15 is 0 Å². The summed E-state index contributed by atoms with van der Waals surface area (Å²) in [5.41, 5.74) is -1.30. The van der Waals surface area contributed by atoms with Crippen LogP contribution in [0.25, 0.3) is 0 Å². The van der Waals surface area contributed by atoms with E-state index in [1.165, 1.54) is 0 Å². The SMILES string of the molecule is CCCC(=O)OCC(=O)[C@@]1(OC(=O)CCC)CC[C@H]2[C@@H]3CC(C)C4=CC(=O)CC[C@]4(C)[C@H]3C(O)C[C@@]21C. The number of fused-ring (bicyclic) bond motifs is 5. The van der Waals surface area contributed by atoms with Gasteiger partial charge < -0.3 is 14.6 Å². The highest BCUT2D eigenvalue weighted by molar-refractivity contribution is 5.93. The second-order valence-corrected chi connectivity index (χ2v) is 12.5. The third-order valence-corrected chi connectivity index (χ3v) is 10.3. The van der Waals surface area contributed by atoms with E-state index in [9.17, 15) is 24.3 Å². The maximum Gasteiger partial charge on any atom is 0.306 e. The molecule has 4 rings (SSSR count). The van der Waals surface area contributed by atoms with Crippen LogP contribution < -0.4 is 0 Å². The van der Waals surface area contributed by atoms with E-state index in [2.05, 4.69) is 13.8 Å². The number of ketones is 2. The third kappa shape index (κ3) is 4.49. The first kappa shape index (κ1) is 28.0. The fourth-order valence-corrected chi connectivity index (χ4v) is 8.78. The summed E-state index contributed by atoms with van der Waals surface area (Å²) in [5.74, 6) is -0.668. The van der Waals surface area contributed by atoms with Gasteiger partial charge in [0.25, 0.3) is 0 Å². The lowest BCUT2D eigenvalue weighted by molar-refractivity contribution is -0.204. The molecule has 0 aliphatic heterocycles. The zero-order valence-electron chi connectivity index (χ0n) is 23.1. The number of esters is 2. The molecule has 0 bridgehead atoms. The number of rotatable bonds is 8. The van der Waals surface area contributed by atoms with Crippen LogP contribution in [0.4, 0.5) is 0 Å². The number of carbonyl (C=O) groups excluding carboxylic acids is 4. The summed E-state index contributed by atoms with van der Waals surface area (Å²) < 4.78 is 11.4. The highest BCUT2D eigenvalue weighted by atomic mass is 16.6. The number of hydrogen-bond acceptors (Lipinski definition) is 7. The lowest BCUT2D eigenvalue weighted by atomic mass is 9.44. The van der Waals surface area contributed by atoms with Gasteiger partial charge in [0, 0.05) is 24.7 Å². The van der Waals surface area contributed by atoms with Crippen molar-refractivity contribution < 1.29 is 33.8 Å². The molecule has 0 aromatic heterocycles. The maximum atomic E-state index is 13.9. The summed E-state index contributed by atoms with van der Waals surface area (Å²) in [6, 6.07) is 0.